The van der Waals surface area contributed by atoms with Crippen LogP contribution in [-0.4, -0.2) is 100 Å². The van der Waals surface area contributed by atoms with E-state index in [1.807, 2.05) is 6.92 Å². The minimum absolute atomic E-state index is 0.00210. The second kappa shape index (κ2) is 20.0. The molecule has 0 radical (unpaired) electrons. The monoisotopic (exact) mass is 773 g/mol. The molecule has 54 heavy (non-hydrogen) atoms. The zero-order valence-electron chi connectivity index (χ0n) is 34.0. The number of hydrogen-bond acceptors (Lipinski definition) is 13. The van der Waals surface area contributed by atoms with Crippen molar-refractivity contribution in [1.82, 2.24) is 0 Å². The molecule has 308 valence electrons. The number of carbonyl (C=O) groups excluding carboxylic acids is 5. The van der Waals surface area contributed by atoms with E-state index in [1.54, 1.807) is 27.7 Å². The Kier molecular flexibility index (Phi) is 17.0. The maximum absolute atomic E-state index is 13.3. The van der Waals surface area contributed by atoms with Crippen LogP contribution in [-0.2, 0) is 47.7 Å². The molecule has 0 aromatic carbocycles. The minimum atomic E-state index is -1.63. The van der Waals surface area contributed by atoms with E-state index < -0.39 is 66.6 Å². The van der Waals surface area contributed by atoms with Gasteiger partial charge in [0.2, 0.25) is 0 Å². The lowest BCUT2D eigenvalue weighted by atomic mass is 9.81. The van der Waals surface area contributed by atoms with Crippen molar-refractivity contribution in [3.8, 4) is 0 Å². The maximum Gasteiger partial charge on any atom is 0.345 e. The molecule has 0 aromatic rings. The van der Waals surface area contributed by atoms with E-state index in [2.05, 4.69) is 25.5 Å². The van der Waals surface area contributed by atoms with Crippen LogP contribution in [0.1, 0.15) is 127 Å². The van der Waals surface area contributed by atoms with E-state index in [9.17, 15) is 39.3 Å². The van der Waals surface area contributed by atoms with Crippen molar-refractivity contribution >= 4 is 29.5 Å². The molecule has 13 nitrogen and oxygen atoms in total. The summed E-state index contributed by atoms with van der Waals surface area (Å²) >= 11 is 0. The zero-order valence-corrected chi connectivity index (χ0v) is 34.0. The van der Waals surface area contributed by atoms with Crippen LogP contribution in [0.15, 0.2) is 11.1 Å². The van der Waals surface area contributed by atoms with Crippen molar-refractivity contribution in [3.05, 3.63) is 11.1 Å². The molecule has 0 amide bonds. The number of rotatable bonds is 20. The van der Waals surface area contributed by atoms with Crippen LogP contribution in [0.3, 0.4) is 0 Å². The quantitative estimate of drug-likeness (QED) is 0.0871. The van der Waals surface area contributed by atoms with Crippen LogP contribution in [0.5, 0.6) is 0 Å². The van der Waals surface area contributed by atoms with Crippen LogP contribution in [0.25, 0.3) is 0 Å². The van der Waals surface area contributed by atoms with Crippen molar-refractivity contribution in [2.75, 3.05) is 7.11 Å². The average Bonchev–Trinajstić information content (AvgIpc) is 3.37. The second-order valence-corrected chi connectivity index (χ2v) is 16.8. The van der Waals surface area contributed by atoms with Crippen LogP contribution in [0.4, 0.5) is 0 Å². The largest absolute Gasteiger partial charge is 0.459 e. The lowest BCUT2D eigenvalue weighted by Gasteiger charge is -2.51. The van der Waals surface area contributed by atoms with Gasteiger partial charge in [-0.1, -0.05) is 48.5 Å². The number of Topliss-reactive ketones (excluding diaryl/α,β-unsaturated/α-hetero) is 2. The third-order valence-electron chi connectivity index (χ3n) is 12.1. The number of methoxy groups -OCH3 is 1. The molecule has 13 atom stereocenters. The van der Waals surface area contributed by atoms with E-state index in [1.165, 1.54) is 14.0 Å². The molecule has 0 bridgehead atoms. The lowest BCUT2D eigenvalue weighted by molar-refractivity contribution is -0.338. The Morgan fingerprint density at radius 3 is 2.04 bits per heavy atom. The molecule has 13 heteroatoms. The third kappa shape index (κ3) is 11.7. The Bertz CT molecular complexity index is 1350. The fourth-order valence-corrected chi connectivity index (χ4v) is 8.02. The fourth-order valence-electron chi connectivity index (χ4n) is 8.02. The molecule has 3 rings (SSSR count). The molecule has 2 fully saturated rings. The topological polar surface area (TPSA) is 192 Å². The van der Waals surface area contributed by atoms with E-state index in [0.29, 0.717) is 18.8 Å². The molecule has 0 unspecified atom stereocenters. The van der Waals surface area contributed by atoms with Gasteiger partial charge in [0.05, 0.1) is 42.5 Å². The van der Waals surface area contributed by atoms with Crippen LogP contribution in [0, 0.1) is 35.5 Å². The number of aliphatic hydroxyl groups excluding tert-OH is 3. The predicted octanol–water partition coefficient (Wildman–Crippen LogP) is 4.79. The Balaban J connectivity index is 1.54. The van der Waals surface area contributed by atoms with Gasteiger partial charge in [0.1, 0.15) is 23.8 Å². The molecule has 0 aliphatic carbocycles. The van der Waals surface area contributed by atoms with Crippen molar-refractivity contribution in [3.63, 3.8) is 0 Å². The van der Waals surface area contributed by atoms with Crippen molar-refractivity contribution in [2.45, 2.75) is 175 Å². The maximum atomic E-state index is 13.3. The summed E-state index contributed by atoms with van der Waals surface area (Å²) in [5, 5.41) is 32.7. The number of cyclic esters (lactones) is 2. The summed E-state index contributed by atoms with van der Waals surface area (Å²) < 4.78 is 29.1. The normalized spacial score (nSPS) is 29.3. The summed E-state index contributed by atoms with van der Waals surface area (Å²) in [6.07, 6.45) is -1.03. The first-order valence-corrected chi connectivity index (χ1v) is 19.8. The van der Waals surface area contributed by atoms with Gasteiger partial charge in [-0.2, -0.15) is 0 Å². The summed E-state index contributed by atoms with van der Waals surface area (Å²) in [4.78, 5) is 61.6. The first-order valence-electron chi connectivity index (χ1n) is 19.8. The molecular formula is C41H66O13. The summed E-state index contributed by atoms with van der Waals surface area (Å²) in [6, 6.07) is 0. The molecule has 3 aliphatic heterocycles. The molecule has 0 aromatic heterocycles. The van der Waals surface area contributed by atoms with Gasteiger partial charge in [-0.15, -0.1) is 0 Å². The van der Waals surface area contributed by atoms with E-state index in [4.69, 9.17) is 18.9 Å². The van der Waals surface area contributed by atoms with Gasteiger partial charge < -0.3 is 39.0 Å². The molecule has 3 N–H and O–H groups in total. The Morgan fingerprint density at radius 2 is 1.48 bits per heavy atom. The van der Waals surface area contributed by atoms with Crippen molar-refractivity contribution in [2.24, 2.45) is 35.5 Å². The smallest absolute Gasteiger partial charge is 0.345 e. The number of ketones is 2. The molecular weight excluding hydrogens is 707 g/mol. The standard InChI is InChI=1S/C41H66O13/c1-21(2)36(51-34(47)20-31(45)35-27(8)39(48)52-40(35)49)38(50-10)32(46)19-30(44)26(7)29(43)13-11-24(5)37-25(6)16-18-41(54-37)17-15-23(4)33(53-41)14-12-22(3)28(9)42/h21-26,29,31-33,36-38,43,45-46H,11-20H2,1-10H3/t22-,23+,24+,25-,26-,29-,31+,32+,33-,36+,37-,38-,41+/m0/s1/i1+1,2+1,3+1,4+1,5+1,7+1,8+1. The first-order chi connectivity index (χ1) is 25.2. The molecule has 2 saturated heterocycles. The minimum Gasteiger partial charge on any atom is -0.459 e. The zero-order chi connectivity index (χ0) is 40.7. The third-order valence-corrected chi connectivity index (χ3v) is 12.1. The Labute approximate surface area is 320 Å². The lowest BCUT2D eigenvalue weighted by Crippen LogP contribution is -2.53. The highest BCUT2D eigenvalue weighted by atomic mass is 16.7. The van der Waals surface area contributed by atoms with E-state index >= 15 is 0 Å². The van der Waals surface area contributed by atoms with Crippen LogP contribution in [0.2, 0.25) is 0 Å². The summed E-state index contributed by atoms with van der Waals surface area (Å²) in [7, 11) is 1.32. The number of ether oxygens (including phenoxy) is 5. The second-order valence-electron chi connectivity index (χ2n) is 16.8. The van der Waals surface area contributed by atoms with E-state index in [0.717, 1.165) is 38.5 Å². The number of hydrogen-bond donors (Lipinski definition) is 3. The molecule has 1 spiro atoms. The summed E-state index contributed by atoms with van der Waals surface area (Å²) in [6.45, 7) is 16.5. The summed E-state index contributed by atoms with van der Waals surface area (Å²) in [5.41, 5.74) is -0.403. The average molecular weight is 774 g/mol. The Morgan fingerprint density at radius 1 is 0.852 bits per heavy atom. The SMILES string of the molecule is CO[C@@H]([C@H](O)CC(=O)[C@@H]([13CH3])[C@@H](O)CC[C@@H]([13CH3])[C@@H]1O[C@]2(CC[C@@H]([13CH3])[C@H](CC[C@H]([13CH3])C(C)=O)O2)CC[C@@H]1C)[C@H](OC(=O)C[C@@H](O)C1=C([13CH3])C(=O)OC1=O)C([13CH3])[13CH3]. The van der Waals surface area contributed by atoms with Gasteiger partial charge in [0.25, 0.3) is 0 Å². The van der Waals surface area contributed by atoms with Gasteiger partial charge in [-0.3, -0.25) is 14.4 Å². The van der Waals surface area contributed by atoms with E-state index in [-0.39, 0.29) is 65.0 Å². The summed E-state index contributed by atoms with van der Waals surface area (Å²) in [5.74, 6) is -4.07. The van der Waals surface area contributed by atoms with Gasteiger partial charge in [-0.25, -0.2) is 9.59 Å². The van der Waals surface area contributed by atoms with Gasteiger partial charge in [-0.05, 0) is 76.0 Å². The predicted molar refractivity (Wildman–Crippen MR) is 197 cm³/mol. The Hall–Kier alpha value is -2.55. The van der Waals surface area contributed by atoms with Crippen molar-refractivity contribution in [1.29, 1.82) is 0 Å². The highest BCUT2D eigenvalue weighted by Gasteiger charge is 2.48. The molecule has 3 aliphatic rings. The number of esters is 3. The highest BCUT2D eigenvalue weighted by molar-refractivity contribution is 6.12. The van der Waals surface area contributed by atoms with Gasteiger partial charge in [0.15, 0.2) is 5.79 Å². The van der Waals surface area contributed by atoms with Crippen LogP contribution >= 0.6 is 0 Å². The number of carbonyl (C=O) groups is 5. The first kappa shape index (κ1) is 45.8. The van der Waals surface area contributed by atoms with Gasteiger partial charge in [0, 0.05) is 43.8 Å². The van der Waals surface area contributed by atoms with Crippen molar-refractivity contribution < 1.29 is 63.0 Å². The fraction of sp³-hybridized carbons (Fsp3) is 0.829. The van der Waals surface area contributed by atoms with Gasteiger partial charge >= 0.3 is 17.9 Å². The number of aliphatic hydroxyl groups is 3. The molecule has 3 heterocycles. The highest BCUT2D eigenvalue weighted by Crippen LogP contribution is 2.45. The van der Waals surface area contributed by atoms with Crippen LogP contribution < -0.4 is 0 Å². The molecule has 0 saturated carbocycles.